The molecule has 0 bridgehead atoms. The molecule has 0 aliphatic carbocycles. The monoisotopic (exact) mass is 392 g/mol. The topological polar surface area (TPSA) is 132 Å². The van der Waals surface area contributed by atoms with Crippen LogP contribution in [-0.2, 0) is 41.9 Å². The largest absolute Gasteiger partial charge is 2.00 e. The van der Waals surface area contributed by atoms with Gasteiger partial charge in [0, 0.05) is 12.1 Å². The third-order valence-corrected chi connectivity index (χ3v) is 3.20. The molecular weight excluding hydrogens is 374 g/mol. The van der Waals surface area contributed by atoms with Gasteiger partial charge in [0.1, 0.15) is 0 Å². The van der Waals surface area contributed by atoms with Gasteiger partial charge in [0.05, 0.1) is 11.9 Å². The van der Waals surface area contributed by atoms with Crippen LogP contribution in [0.5, 0.6) is 0 Å². The van der Waals surface area contributed by atoms with Crippen LogP contribution in [0.3, 0.4) is 0 Å². The van der Waals surface area contributed by atoms with Crippen molar-refractivity contribution in [1.82, 2.24) is 0 Å². The first-order chi connectivity index (χ1) is 11.4. The second-order valence-corrected chi connectivity index (χ2v) is 5.23. The van der Waals surface area contributed by atoms with Gasteiger partial charge >= 0.3 is 19.5 Å². The van der Waals surface area contributed by atoms with Crippen molar-refractivity contribution in [2.75, 3.05) is 0 Å². The van der Waals surface area contributed by atoms with Crippen LogP contribution >= 0.6 is 0 Å². The molecule has 0 radical (unpaired) electrons. The number of rotatable bonds is 6. The van der Waals surface area contributed by atoms with Crippen LogP contribution in [0, 0.1) is 0 Å². The van der Waals surface area contributed by atoms with Crippen molar-refractivity contribution in [2.24, 2.45) is 11.5 Å². The van der Waals surface area contributed by atoms with Gasteiger partial charge in [-0.2, -0.15) is 0 Å². The average Bonchev–Trinajstić information content (AvgIpc) is 2.57. The Morgan fingerprint density at radius 2 is 1.00 bits per heavy atom. The molecule has 6 nitrogen and oxygen atoms in total. The molecule has 0 saturated heterocycles. The standard InChI is InChI=1S/2C9H11NO2.Zn/c2*10-8(9(11)12)6-7-4-2-1-3-5-7;/h2*1-5,8H,6,10H2,(H,11,12);/q;;+2/p-2/t2*8-;/m00./s1. The summed E-state index contributed by atoms with van der Waals surface area (Å²) in [6.45, 7) is 0. The maximum Gasteiger partial charge on any atom is 2.00 e. The van der Waals surface area contributed by atoms with Crippen LogP contribution < -0.4 is 21.7 Å². The minimum Gasteiger partial charge on any atom is -0.548 e. The first-order valence-corrected chi connectivity index (χ1v) is 7.41. The molecule has 2 rings (SSSR count). The van der Waals surface area contributed by atoms with Gasteiger partial charge in [-0.1, -0.05) is 60.7 Å². The van der Waals surface area contributed by atoms with Crippen molar-refractivity contribution in [3.05, 3.63) is 71.8 Å². The SMILES string of the molecule is N[C@@H](Cc1ccccc1)C(=O)[O-].N[C@@H](Cc1ccccc1)C(=O)[O-].[Zn+2]. The fourth-order valence-electron chi connectivity index (χ4n) is 1.90. The quantitative estimate of drug-likeness (QED) is 0.581. The predicted molar refractivity (Wildman–Crippen MR) is 86.3 cm³/mol. The Labute approximate surface area is 159 Å². The zero-order valence-corrected chi connectivity index (χ0v) is 16.8. The summed E-state index contributed by atoms with van der Waals surface area (Å²) in [6, 6.07) is 16.6. The van der Waals surface area contributed by atoms with Crippen LogP contribution in [-0.4, -0.2) is 24.0 Å². The number of hydrogen-bond acceptors (Lipinski definition) is 6. The Morgan fingerprint density at radius 1 is 0.720 bits per heavy atom. The van der Waals surface area contributed by atoms with Gasteiger partial charge in [0.15, 0.2) is 0 Å². The second-order valence-electron chi connectivity index (χ2n) is 5.23. The summed E-state index contributed by atoms with van der Waals surface area (Å²) in [5, 5.41) is 20.5. The Hall–Kier alpha value is -2.08. The van der Waals surface area contributed by atoms with Crippen LogP contribution in [0.25, 0.3) is 0 Å². The van der Waals surface area contributed by atoms with E-state index in [1.165, 1.54) is 0 Å². The number of hydrogen-bond donors (Lipinski definition) is 2. The van der Waals surface area contributed by atoms with Crippen molar-refractivity contribution in [3.63, 3.8) is 0 Å². The van der Waals surface area contributed by atoms with E-state index in [2.05, 4.69) is 0 Å². The first kappa shape index (κ1) is 22.9. The molecule has 0 heterocycles. The smallest absolute Gasteiger partial charge is 0.548 e. The van der Waals surface area contributed by atoms with E-state index in [1.54, 1.807) is 0 Å². The molecule has 2 aromatic rings. The van der Waals surface area contributed by atoms with Gasteiger partial charge in [0.2, 0.25) is 0 Å². The van der Waals surface area contributed by atoms with Crippen molar-refractivity contribution in [1.29, 1.82) is 0 Å². The van der Waals surface area contributed by atoms with Crippen molar-refractivity contribution in [3.8, 4) is 0 Å². The molecule has 2 atom stereocenters. The Balaban J connectivity index is 0.000000443. The molecule has 4 N–H and O–H groups in total. The van der Waals surface area contributed by atoms with Gasteiger partial charge in [-0.15, -0.1) is 0 Å². The molecule has 128 valence electrons. The predicted octanol–water partition coefficient (Wildman–Crippen LogP) is -1.39. The van der Waals surface area contributed by atoms with Crippen molar-refractivity contribution >= 4 is 11.9 Å². The zero-order chi connectivity index (χ0) is 17.9. The molecule has 0 spiro atoms. The van der Waals surface area contributed by atoms with E-state index in [0.29, 0.717) is 12.8 Å². The Morgan fingerprint density at radius 3 is 1.24 bits per heavy atom. The number of aliphatic carboxylic acids is 2. The Kier molecular flexibility index (Phi) is 11.3. The third kappa shape index (κ3) is 9.72. The number of carbonyl (C=O) groups is 2. The first-order valence-electron chi connectivity index (χ1n) is 7.41. The van der Waals surface area contributed by atoms with Gasteiger partial charge in [0.25, 0.3) is 0 Å². The summed E-state index contributed by atoms with van der Waals surface area (Å²) in [7, 11) is 0. The summed E-state index contributed by atoms with van der Waals surface area (Å²) in [5.41, 5.74) is 12.4. The maximum absolute atomic E-state index is 10.3. The molecule has 7 heteroatoms. The minimum absolute atomic E-state index is 0. The Bertz CT molecular complexity index is 581. The van der Waals surface area contributed by atoms with Gasteiger partial charge < -0.3 is 31.3 Å². The summed E-state index contributed by atoms with van der Waals surface area (Å²) in [4.78, 5) is 20.5. The summed E-state index contributed by atoms with van der Waals surface area (Å²) >= 11 is 0. The number of carbonyl (C=O) groups excluding carboxylic acids is 2. The van der Waals surface area contributed by atoms with Gasteiger partial charge in [-0.3, -0.25) is 0 Å². The minimum atomic E-state index is -1.21. The van der Waals surface area contributed by atoms with Crippen LogP contribution in [0.2, 0.25) is 0 Å². The van der Waals surface area contributed by atoms with Crippen molar-refractivity contribution in [2.45, 2.75) is 24.9 Å². The third-order valence-electron chi connectivity index (χ3n) is 3.20. The molecule has 25 heavy (non-hydrogen) atoms. The zero-order valence-electron chi connectivity index (χ0n) is 13.8. The normalized spacial score (nSPS) is 11.9. The number of carboxylic acids is 2. The van der Waals surface area contributed by atoms with E-state index < -0.39 is 24.0 Å². The summed E-state index contributed by atoms with van der Waals surface area (Å²) in [6.07, 6.45) is 0.645. The maximum atomic E-state index is 10.3. The molecule has 0 saturated carbocycles. The average molecular weight is 394 g/mol. The molecule has 0 amide bonds. The second kappa shape index (κ2) is 12.3. The van der Waals surface area contributed by atoms with E-state index in [-0.39, 0.29) is 19.5 Å². The van der Waals surface area contributed by atoms with E-state index in [4.69, 9.17) is 11.5 Å². The fourth-order valence-corrected chi connectivity index (χ4v) is 1.90. The number of benzene rings is 2. The van der Waals surface area contributed by atoms with Crippen LogP contribution in [0.4, 0.5) is 0 Å². The fraction of sp³-hybridized carbons (Fsp3) is 0.222. The number of carboxylic acid groups (broad SMARTS) is 2. The van der Waals surface area contributed by atoms with E-state index in [1.807, 2.05) is 60.7 Å². The summed E-state index contributed by atoms with van der Waals surface area (Å²) in [5.74, 6) is -2.42. The molecule has 0 unspecified atom stereocenters. The van der Waals surface area contributed by atoms with E-state index in [0.717, 1.165) is 11.1 Å². The van der Waals surface area contributed by atoms with Crippen LogP contribution in [0.1, 0.15) is 11.1 Å². The number of nitrogens with two attached hydrogens (primary N) is 2. The van der Waals surface area contributed by atoms with Crippen molar-refractivity contribution < 1.29 is 39.3 Å². The molecule has 0 aliphatic rings. The molecular formula is C18H20N2O4Zn. The molecule has 0 fully saturated rings. The van der Waals surface area contributed by atoms with E-state index in [9.17, 15) is 19.8 Å². The van der Waals surface area contributed by atoms with Gasteiger partial charge in [-0.25, -0.2) is 0 Å². The van der Waals surface area contributed by atoms with E-state index >= 15 is 0 Å². The van der Waals surface area contributed by atoms with Crippen LogP contribution in [0.15, 0.2) is 60.7 Å². The van der Waals surface area contributed by atoms with Gasteiger partial charge in [-0.05, 0) is 24.0 Å². The molecule has 0 aliphatic heterocycles. The molecule has 2 aromatic carbocycles. The molecule has 0 aromatic heterocycles. The summed E-state index contributed by atoms with van der Waals surface area (Å²) < 4.78 is 0.